The summed E-state index contributed by atoms with van der Waals surface area (Å²) in [6, 6.07) is -0.315. The first-order valence-electron chi connectivity index (χ1n) is 5.74. The average molecular weight is 238 g/mol. The summed E-state index contributed by atoms with van der Waals surface area (Å²) in [5.74, 6) is 1.54. The van der Waals surface area contributed by atoms with Gasteiger partial charge in [0.1, 0.15) is 5.54 Å². The molecule has 0 spiro atoms. The lowest BCUT2D eigenvalue weighted by Gasteiger charge is -2.31. The molecule has 2 amide bonds. The number of hydrogen-bond donors (Lipinski definition) is 2. The molecule has 0 radical (unpaired) electrons. The van der Waals surface area contributed by atoms with Crippen LogP contribution in [0.1, 0.15) is 32.6 Å². The van der Waals surface area contributed by atoms with E-state index in [-0.39, 0.29) is 6.03 Å². The second-order valence-corrected chi connectivity index (χ2v) is 4.37. The summed E-state index contributed by atoms with van der Waals surface area (Å²) in [5.41, 5.74) is -1.07. The molecule has 1 aliphatic rings. The van der Waals surface area contributed by atoms with Crippen molar-refractivity contribution in [1.82, 2.24) is 10.2 Å². The van der Waals surface area contributed by atoms with Gasteiger partial charge in [0.05, 0.1) is 0 Å². The number of nitrogens with one attached hydrogen (secondary N) is 1. The molecule has 1 fully saturated rings. The summed E-state index contributed by atoms with van der Waals surface area (Å²) in [5, 5.41) is 11.9. The van der Waals surface area contributed by atoms with Crippen molar-refractivity contribution in [2.24, 2.45) is 0 Å². The SMILES string of the molecule is C#CCCCNC(=O)N1CCCC1(C)C(=O)O. The number of carboxylic acid groups (broad SMARTS) is 1. The quantitative estimate of drug-likeness (QED) is 0.568. The van der Waals surface area contributed by atoms with Gasteiger partial charge in [0.15, 0.2) is 0 Å². The molecule has 0 bridgehead atoms. The standard InChI is InChI=1S/C12H18N2O3/c1-3-4-5-8-13-11(17)14-9-6-7-12(14,2)10(15)16/h1H,4-9H2,2H3,(H,13,17)(H,15,16). The summed E-state index contributed by atoms with van der Waals surface area (Å²) in [4.78, 5) is 24.4. The minimum absolute atomic E-state index is 0.315. The monoisotopic (exact) mass is 238 g/mol. The van der Waals surface area contributed by atoms with Crippen molar-refractivity contribution < 1.29 is 14.7 Å². The molecule has 1 aliphatic heterocycles. The molecule has 5 heteroatoms. The second kappa shape index (κ2) is 5.58. The summed E-state index contributed by atoms with van der Waals surface area (Å²) in [6.45, 7) is 2.56. The van der Waals surface area contributed by atoms with Crippen LogP contribution in [0.4, 0.5) is 4.79 Å². The summed E-state index contributed by atoms with van der Waals surface area (Å²) in [7, 11) is 0. The number of unbranched alkanes of at least 4 members (excludes halogenated alkanes) is 1. The highest BCUT2D eigenvalue weighted by Crippen LogP contribution is 2.29. The van der Waals surface area contributed by atoms with Crippen molar-refractivity contribution in [3.05, 3.63) is 0 Å². The Morgan fingerprint density at radius 2 is 2.29 bits per heavy atom. The Bertz CT molecular complexity index is 348. The Kier molecular flexibility index (Phi) is 4.38. The van der Waals surface area contributed by atoms with E-state index < -0.39 is 11.5 Å². The average Bonchev–Trinajstić information content (AvgIpc) is 2.68. The molecule has 0 aromatic carbocycles. The number of aliphatic carboxylic acids is 1. The van der Waals surface area contributed by atoms with E-state index in [1.807, 2.05) is 0 Å². The lowest BCUT2D eigenvalue weighted by Crippen LogP contribution is -2.54. The molecule has 1 heterocycles. The fourth-order valence-corrected chi connectivity index (χ4v) is 1.99. The Balaban J connectivity index is 2.51. The number of likely N-dealkylation sites (tertiary alicyclic amines) is 1. The van der Waals surface area contributed by atoms with Crippen molar-refractivity contribution in [3.63, 3.8) is 0 Å². The van der Waals surface area contributed by atoms with Crippen LogP contribution in [0.2, 0.25) is 0 Å². The number of rotatable bonds is 4. The number of carboxylic acids is 1. The number of hydrogen-bond acceptors (Lipinski definition) is 2. The summed E-state index contributed by atoms with van der Waals surface area (Å²) in [6.07, 6.45) is 7.64. The van der Waals surface area contributed by atoms with Crippen molar-refractivity contribution in [2.75, 3.05) is 13.1 Å². The third-order valence-corrected chi connectivity index (χ3v) is 3.12. The first-order valence-corrected chi connectivity index (χ1v) is 5.74. The van der Waals surface area contributed by atoms with E-state index in [2.05, 4.69) is 11.2 Å². The highest BCUT2D eigenvalue weighted by atomic mass is 16.4. The van der Waals surface area contributed by atoms with Gasteiger partial charge in [-0.05, 0) is 26.2 Å². The smallest absolute Gasteiger partial charge is 0.329 e. The third-order valence-electron chi connectivity index (χ3n) is 3.12. The van der Waals surface area contributed by atoms with Crippen LogP contribution in [0.5, 0.6) is 0 Å². The normalized spacial score (nSPS) is 23.2. The molecule has 0 saturated carbocycles. The number of amides is 2. The van der Waals surface area contributed by atoms with Gasteiger partial charge in [-0.1, -0.05) is 0 Å². The van der Waals surface area contributed by atoms with Crippen LogP contribution in [0, 0.1) is 12.3 Å². The molecule has 2 N–H and O–H groups in total. The zero-order valence-corrected chi connectivity index (χ0v) is 10.0. The van der Waals surface area contributed by atoms with Crippen LogP contribution in [0.25, 0.3) is 0 Å². The van der Waals surface area contributed by atoms with Crippen molar-refractivity contribution in [3.8, 4) is 12.3 Å². The van der Waals surface area contributed by atoms with Gasteiger partial charge in [-0.25, -0.2) is 9.59 Å². The lowest BCUT2D eigenvalue weighted by atomic mass is 10.00. The summed E-state index contributed by atoms with van der Waals surface area (Å²) < 4.78 is 0. The fraction of sp³-hybridized carbons (Fsp3) is 0.667. The Hall–Kier alpha value is -1.70. The maximum atomic E-state index is 11.8. The van der Waals surface area contributed by atoms with E-state index in [0.717, 1.165) is 6.42 Å². The van der Waals surface area contributed by atoms with Gasteiger partial charge in [0, 0.05) is 19.5 Å². The van der Waals surface area contributed by atoms with Crippen LogP contribution >= 0.6 is 0 Å². The van der Waals surface area contributed by atoms with Crippen LogP contribution in [0.15, 0.2) is 0 Å². The predicted molar refractivity (Wildman–Crippen MR) is 63.4 cm³/mol. The number of carbonyl (C=O) groups excluding carboxylic acids is 1. The molecular weight excluding hydrogens is 220 g/mol. The predicted octanol–water partition coefficient (Wildman–Crippen LogP) is 1.05. The third kappa shape index (κ3) is 2.90. The zero-order valence-electron chi connectivity index (χ0n) is 10.0. The van der Waals surface area contributed by atoms with Crippen LogP contribution in [-0.4, -0.2) is 40.6 Å². The highest BCUT2D eigenvalue weighted by molar-refractivity contribution is 5.86. The molecule has 5 nitrogen and oxygen atoms in total. The van der Waals surface area contributed by atoms with Gasteiger partial charge in [-0.2, -0.15) is 0 Å². The van der Waals surface area contributed by atoms with Crippen LogP contribution in [0.3, 0.4) is 0 Å². The van der Waals surface area contributed by atoms with E-state index in [0.29, 0.717) is 32.4 Å². The molecule has 17 heavy (non-hydrogen) atoms. The van der Waals surface area contributed by atoms with Gasteiger partial charge < -0.3 is 15.3 Å². The Morgan fingerprint density at radius 3 is 2.88 bits per heavy atom. The topological polar surface area (TPSA) is 69.6 Å². The number of nitrogens with zero attached hydrogens (tertiary/aromatic N) is 1. The number of carbonyl (C=O) groups is 2. The van der Waals surface area contributed by atoms with E-state index in [1.165, 1.54) is 4.90 Å². The largest absolute Gasteiger partial charge is 0.480 e. The zero-order chi connectivity index (χ0) is 12.9. The molecule has 0 aromatic rings. The Morgan fingerprint density at radius 1 is 1.59 bits per heavy atom. The summed E-state index contributed by atoms with van der Waals surface area (Å²) >= 11 is 0. The van der Waals surface area contributed by atoms with Crippen LogP contribution in [-0.2, 0) is 4.79 Å². The number of urea groups is 1. The molecule has 1 unspecified atom stereocenters. The molecule has 0 aliphatic carbocycles. The van der Waals surface area contributed by atoms with Crippen molar-refractivity contribution in [1.29, 1.82) is 0 Å². The van der Waals surface area contributed by atoms with Crippen LogP contribution < -0.4 is 5.32 Å². The molecular formula is C12H18N2O3. The molecule has 0 aromatic heterocycles. The first kappa shape index (κ1) is 13.4. The maximum Gasteiger partial charge on any atom is 0.329 e. The van der Waals surface area contributed by atoms with Gasteiger partial charge in [0.2, 0.25) is 0 Å². The van der Waals surface area contributed by atoms with Gasteiger partial charge in [0.25, 0.3) is 0 Å². The van der Waals surface area contributed by atoms with E-state index in [9.17, 15) is 9.59 Å². The van der Waals surface area contributed by atoms with Gasteiger partial charge in [-0.15, -0.1) is 12.3 Å². The van der Waals surface area contributed by atoms with Crippen molar-refractivity contribution >= 4 is 12.0 Å². The lowest BCUT2D eigenvalue weighted by molar-refractivity contribution is -0.147. The molecule has 1 atom stereocenters. The second-order valence-electron chi connectivity index (χ2n) is 4.37. The Labute approximate surface area is 101 Å². The first-order chi connectivity index (χ1) is 8.02. The van der Waals surface area contributed by atoms with E-state index in [4.69, 9.17) is 11.5 Å². The highest BCUT2D eigenvalue weighted by Gasteiger charge is 2.45. The van der Waals surface area contributed by atoms with E-state index >= 15 is 0 Å². The maximum absolute atomic E-state index is 11.8. The number of terminal acetylenes is 1. The van der Waals surface area contributed by atoms with Gasteiger partial charge in [-0.3, -0.25) is 0 Å². The minimum Gasteiger partial charge on any atom is -0.480 e. The molecule has 94 valence electrons. The minimum atomic E-state index is -1.07. The van der Waals surface area contributed by atoms with E-state index in [1.54, 1.807) is 6.92 Å². The van der Waals surface area contributed by atoms with Gasteiger partial charge >= 0.3 is 12.0 Å². The molecule has 1 saturated heterocycles. The fourth-order valence-electron chi connectivity index (χ4n) is 1.99. The molecule has 1 rings (SSSR count). The van der Waals surface area contributed by atoms with Crippen molar-refractivity contribution in [2.45, 2.75) is 38.1 Å².